The molecule has 118 valence electrons. The number of nitrogens with one attached hydrogen (secondary N) is 1. The zero-order chi connectivity index (χ0) is 15.1. The number of benzene rings is 1. The summed E-state index contributed by atoms with van der Waals surface area (Å²) < 4.78 is 0. The highest BCUT2D eigenvalue weighted by Crippen LogP contribution is 2.35. The van der Waals surface area contributed by atoms with Gasteiger partial charge in [-0.2, -0.15) is 0 Å². The molecule has 0 radical (unpaired) electrons. The van der Waals surface area contributed by atoms with E-state index in [1.165, 1.54) is 56.1 Å². The Bertz CT molecular complexity index is 412. The van der Waals surface area contributed by atoms with Gasteiger partial charge in [0.25, 0.3) is 0 Å². The fraction of sp³-hybridized carbons (Fsp3) is 0.700. The standard InChI is InChI=1S/C20H33N/c1-4-17-11-8-9-13-19(17)20(21-5-2)15-14-18-12-7-6-10-16(18)3/h6-7,10,12,17,19-21H,4-5,8-9,11,13-15H2,1-3H3. The Balaban J connectivity index is 1.99. The van der Waals surface area contributed by atoms with Crippen LogP contribution in [0.2, 0.25) is 0 Å². The van der Waals surface area contributed by atoms with Crippen LogP contribution in [0.4, 0.5) is 0 Å². The van der Waals surface area contributed by atoms with Crippen molar-refractivity contribution in [3.05, 3.63) is 35.4 Å². The molecule has 1 nitrogen and oxygen atoms in total. The van der Waals surface area contributed by atoms with Crippen LogP contribution < -0.4 is 5.32 Å². The van der Waals surface area contributed by atoms with E-state index in [9.17, 15) is 0 Å². The summed E-state index contributed by atoms with van der Waals surface area (Å²) >= 11 is 0. The maximum Gasteiger partial charge on any atom is 0.0101 e. The quantitative estimate of drug-likeness (QED) is 0.733. The van der Waals surface area contributed by atoms with Crippen LogP contribution in [0.25, 0.3) is 0 Å². The van der Waals surface area contributed by atoms with Gasteiger partial charge in [0.1, 0.15) is 0 Å². The van der Waals surface area contributed by atoms with Gasteiger partial charge in [-0.05, 0) is 55.7 Å². The van der Waals surface area contributed by atoms with Crippen LogP contribution in [0.15, 0.2) is 24.3 Å². The Labute approximate surface area is 131 Å². The van der Waals surface area contributed by atoms with Crippen molar-refractivity contribution in [1.29, 1.82) is 0 Å². The predicted octanol–water partition coefficient (Wildman–Crippen LogP) is 5.12. The molecule has 1 aliphatic rings. The van der Waals surface area contributed by atoms with Gasteiger partial charge in [-0.15, -0.1) is 0 Å². The van der Waals surface area contributed by atoms with E-state index < -0.39 is 0 Å². The molecule has 21 heavy (non-hydrogen) atoms. The molecule has 1 aromatic rings. The third kappa shape index (κ3) is 4.57. The molecule has 0 bridgehead atoms. The lowest BCUT2D eigenvalue weighted by Gasteiger charge is -2.37. The summed E-state index contributed by atoms with van der Waals surface area (Å²) in [6, 6.07) is 9.58. The van der Waals surface area contributed by atoms with Gasteiger partial charge in [-0.1, -0.05) is 63.8 Å². The molecule has 0 heterocycles. The highest BCUT2D eigenvalue weighted by molar-refractivity contribution is 5.25. The number of hydrogen-bond acceptors (Lipinski definition) is 1. The first kappa shape index (κ1) is 16.5. The maximum absolute atomic E-state index is 3.81. The summed E-state index contributed by atoms with van der Waals surface area (Å²) in [4.78, 5) is 0. The van der Waals surface area contributed by atoms with E-state index in [4.69, 9.17) is 0 Å². The average Bonchev–Trinajstić information content (AvgIpc) is 2.53. The van der Waals surface area contributed by atoms with Gasteiger partial charge in [-0.3, -0.25) is 0 Å². The fourth-order valence-corrected chi connectivity index (χ4v) is 4.20. The Kier molecular flexibility index (Phi) is 6.76. The molecule has 1 N–H and O–H groups in total. The molecule has 1 aromatic carbocycles. The van der Waals surface area contributed by atoms with Gasteiger partial charge in [-0.25, -0.2) is 0 Å². The molecule has 3 atom stereocenters. The molecule has 0 spiro atoms. The third-order valence-corrected chi connectivity index (χ3v) is 5.46. The van der Waals surface area contributed by atoms with Gasteiger partial charge in [0.2, 0.25) is 0 Å². The Morgan fingerprint density at radius 3 is 2.62 bits per heavy atom. The third-order valence-electron chi connectivity index (χ3n) is 5.46. The van der Waals surface area contributed by atoms with Crippen LogP contribution in [0.3, 0.4) is 0 Å². The molecule has 3 unspecified atom stereocenters. The smallest absolute Gasteiger partial charge is 0.0101 e. The zero-order valence-corrected chi connectivity index (χ0v) is 14.2. The lowest BCUT2D eigenvalue weighted by molar-refractivity contribution is 0.170. The number of rotatable bonds is 7. The van der Waals surface area contributed by atoms with E-state index in [2.05, 4.69) is 50.4 Å². The summed E-state index contributed by atoms with van der Waals surface area (Å²) in [5.41, 5.74) is 2.98. The monoisotopic (exact) mass is 287 g/mol. The van der Waals surface area contributed by atoms with Crippen molar-refractivity contribution in [2.24, 2.45) is 11.8 Å². The van der Waals surface area contributed by atoms with Crippen molar-refractivity contribution in [1.82, 2.24) is 5.32 Å². The van der Waals surface area contributed by atoms with Crippen LogP contribution in [-0.2, 0) is 6.42 Å². The maximum atomic E-state index is 3.81. The van der Waals surface area contributed by atoms with Crippen molar-refractivity contribution >= 4 is 0 Å². The van der Waals surface area contributed by atoms with E-state index >= 15 is 0 Å². The molecule has 1 saturated carbocycles. The van der Waals surface area contributed by atoms with Crippen molar-refractivity contribution in [3.8, 4) is 0 Å². The highest BCUT2D eigenvalue weighted by atomic mass is 14.9. The molecular formula is C20H33N. The van der Waals surface area contributed by atoms with Crippen LogP contribution >= 0.6 is 0 Å². The summed E-state index contributed by atoms with van der Waals surface area (Å²) in [6.07, 6.45) is 9.64. The molecule has 1 aliphatic carbocycles. The van der Waals surface area contributed by atoms with Gasteiger partial charge >= 0.3 is 0 Å². The minimum absolute atomic E-state index is 0.708. The molecule has 0 aromatic heterocycles. The summed E-state index contributed by atoms with van der Waals surface area (Å²) in [5.74, 6) is 1.84. The minimum atomic E-state index is 0.708. The van der Waals surface area contributed by atoms with E-state index in [0.29, 0.717) is 6.04 Å². The van der Waals surface area contributed by atoms with Gasteiger partial charge in [0.15, 0.2) is 0 Å². The van der Waals surface area contributed by atoms with Crippen LogP contribution in [-0.4, -0.2) is 12.6 Å². The molecule has 2 rings (SSSR count). The molecular weight excluding hydrogens is 254 g/mol. The van der Waals surface area contributed by atoms with Crippen molar-refractivity contribution < 1.29 is 0 Å². The average molecular weight is 287 g/mol. The Morgan fingerprint density at radius 2 is 1.90 bits per heavy atom. The molecule has 1 fully saturated rings. The first-order valence-corrected chi connectivity index (χ1v) is 9.04. The van der Waals surface area contributed by atoms with E-state index in [1.807, 2.05) is 0 Å². The zero-order valence-electron chi connectivity index (χ0n) is 14.2. The molecule has 1 heteroatoms. The van der Waals surface area contributed by atoms with Gasteiger partial charge in [0.05, 0.1) is 0 Å². The van der Waals surface area contributed by atoms with E-state index in [0.717, 1.165) is 18.4 Å². The molecule has 0 aliphatic heterocycles. The van der Waals surface area contributed by atoms with Crippen LogP contribution in [0.5, 0.6) is 0 Å². The van der Waals surface area contributed by atoms with Gasteiger partial charge in [0, 0.05) is 6.04 Å². The Morgan fingerprint density at radius 1 is 1.14 bits per heavy atom. The lowest BCUT2D eigenvalue weighted by atomic mass is 9.72. The van der Waals surface area contributed by atoms with Crippen LogP contribution in [0.1, 0.15) is 63.5 Å². The molecule has 0 saturated heterocycles. The van der Waals surface area contributed by atoms with E-state index in [-0.39, 0.29) is 0 Å². The lowest BCUT2D eigenvalue weighted by Crippen LogP contribution is -2.41. The van der Waals surface area contributed by atoms with Crippen molar-refractivity contribution in [2.75, 3.05) is 6.54 Å². The molecule has 0 amide bonds. The van der Waals surface area contributed by atoms with Crippen LogP contribution in [0, 0.1) is 18.8 Å². The largest absolute Gasteiger partial charge is 0.314 e. The summed E-state index contributed by atoms with van der Waals surface area (Å²) in [5, 5.41) is 3.81. The summed E-state index contributed by atoms with van der Waals surface area (Å²) in [6.45, 7) is 7.98. The van der Waals surface area contributed by atoms with Crippen molar-refractivity contribution in [3.63, 3.8) is 0 Å². The summed E-state index contributed by atoms with van der Waals surface area (Å²) in [7, 11) is 0. The SMILES string of the molecule is CCNC(CCc1ccccc1C)C1CCCCC1CC. The first-order chi connectivity index (χ1) is 10.3. The normalized spacial score (nSPS) is 24.0. The second-order valence-electron chi connectivity index (χ2n) is 6.75. The fourth-order valence-electron chi connectivity index (χ4n) is 4.20. The second kappa shape index (κ2) is 8.58. The number of aryl methyl sites for hydroxylation is 2. The predicted molar refractivity (Wildman–Crippen MR) is 92.7 cm³/mol. The van der Waals surface area contributed by atoms with Crippen molar-refractivity contribution in [2.45, 2.75) is 71.8 Å². The number of hydrogen-bond donors (Lipinski definition) is 1. The van der Waals surface area contributed by atoms with Gasteiger partial charge < -0.3 is 5.32 Å². The topological polar surface area (TPSA) is 12.0 Å². The highest BCUT2D eigenvalue weighted by Gasteiger charge is 2.30. The minimum Gasteiger partial charge on any atom is -0.314 e. The second-order valence-corrected chi connectivity index (χ2v) is 6.75. The Hall–Kier alpha value is -0.820. The van der Waals surface area contributed by atoms with E-state index in [1.54, 1.807) is 0 Å². The first-order valence-electron chi connectivity index (χ1n) is 9.04.